The van der Waals surface area contributed by atoms with Gasteiger partial charge in [-0.1, -0.05) is 12.1 Å². The minimum Gasteiger partial charge on any atom is -0.364 e. The monoisotopic (exact) mass is 427 g/mol. The van der Waals surface area contributed by atoms with E-state index in [4.69, 9.17) is 9.97 Å². The smallest absolute Gasteiger partial charge is 0.254 e. The lowest BCUT2D eigenvalue weighted by molar-refractivity contribution is 0.0945. The van der Waals surface area contributed by atoms with Crippen LogP contribution in [0.25, 0.3) is 22.3 Å². The lowest BCUT2D eigenvalue weighted by atomic mass is 10.1. The Bertz CT molecular complexity index is 1060. The number of amides is 1. The lowest BCUT2D eigenvalue weighted by Crippen LogP contribution is -2.31. The molecule has 0 spiro atoms. The number of nitrogens with one attached hydrogen (secondary N) is 3. The molecule has 27 heavy (non-hydrogen) atoms. The third-order valence-corrected chi connectivity index (χ3v) is 5.33. The van der Waals surface area contributed by atoms with Gasteiger partial charge >= 0.3 is 0 Å². The summed E-state index contributed by atoms with van der Waals surface area (Å²) in [5.74, 6) is 0.718. The van der Waals surface area contributed by atoms with Crippen LogP contribution in [-0.2, 0) is 6.42 Å². The molecule has 0 unspecified atom stereocenters. The van der Waals surface area contributed by atoms with Gasteiger partial charge < -0.3 is 15.6 Å². The predicted molar refractivity (Wildman–Crippen MR) is 111 cm³/mol. The van der Waals surface area contributed by atoms with Crippen molar-refractivity contribution < 1.29 is 4.79 Å². The normalized spacial score (nSPS) is 14.2. The van der Waals surface area contributed by atoms with Crippen molar-refractivity contribution in [2.45, 2.75) is 39.7 Å². The number of halogens is 1. The number of aryl methyl sites for hydroxylation is 1. The Balaban J connectivity index is 1.93. The molecular weight excluding hydrogens is 406 g/mol. The molecule has 2 aromatic heterocycles. The van der Waals surface area contributed by atoms with Gasteiger partial charge in [-0.3, -0.25) is 4.79 Å². The molecule has 0 atom stereocenters. The molecule has 3 heterocycles. The molecule has 1 amide bonds. The van der Waals surface area contributed by atoms with E-state index in [9.17, 15) is 4.79 Å². The van der Waals surface area contributed by atoms with Crippen molar-refractivity contribution in [2.75, 3.05) is 11.9 Å². The van der Waals surface area contributed by atoms with E-state index in [-0.39, 0.29) is 11.4 Å². The first-order valence-corrected chi connectivity index (χ1v) is 9.78. The second-order valence-corrected chi connectivity index (χ2v) is 8.67. The van der Waals surface area contributed by atoms with Crippen LogP contribution in [-0.4, -0.2) is 32.9 Å². The Hall–Kier alpha value is -2.41. The molecule has 1 aliphatic rings. The van der Waals surface area contributed by atoms with Crippen molar-refractivity contribution in [3.63, 3.8) is 0 Å². The van der Waals surface area contributed by atoms with Crippen LogP contribution in [0, 0.1) is 6.92 Å². The summed E-state index contributed by atoms with van der Waals surface area (Å²) in [6, 6.07) is 5.94. The first kappa shape index (κ1) is 18.0. The van der Waals surface area contributed by atoms with Crippen LogP contribution >= 0.6 is 15.9 Å². The molecule has 4 rings (SSSR count). The number of anilines is 1. The molecule has 0 saturated carbocycles. The van der Waals surface area contributed by atoms with Gasteiger partial charge in [0.15, 0.2) is 0 Å². The van der Waals surface area contributed by atoms with E-state index < -0.39 is 0 Å². The molecule has 1 aliphatic heterocycles. The number of nitrogens with zero attached hydrogens (tertiary/aromatic N) is 2. The maximum Gasteiger partial charge on any atom is 0.254 e. The fourth-order valence-electron chi connectivity index (χ4n) is 3.37. The maximum absolute atomic E-state index is 12.3. The fraction of sp³-hybridized carbons (Fsp3) is 0.350. The molecule has 0 bridgehead atoms. The van der Waals surface area contributed by atoms with Crippen molar-refractivity contribution in [3.8, 4) is 11.3 Å². The summed E-state index contributed by atoms with van der Waals surface area (Å²) in [5.41, 5.74) is 5.79. The van der Waals surface area contributed by atoms with Crippen LogP contribution < -0.4 is 10.6 Å². The van der Waals surface area contributed by atoms with E-state index in [1.54, 1.807) is 0 Å². The number of para-hydroxylation sites is 1. The molecule has 0 aliphatic carbocycles. The van der Waals surface area contributed by atoms with Gasteiger partial charge in [0.2, 0.25) is 0 Å². The molecule has 7 heteroatoms. The standard InChI is InChI=1S/C20H22BrN5O/c1-10-18(26-20(2,3)4)25-16-11(6-5-7-13(16)23-10)17-15(21)14-12(24-17)8-9-22-19(14)27/h5-7,24H,8-9H2,1-4H3,(H,22,27)(H,25,26). The lowest BCUT2D eigenvalue weighted by Gasteiger charge is -2.22. The number of fused-ring (bicyclic) bond motifs is 2. The number of carbonyl (C=O) groups excluding carboxylic acids is 1. The van der Waals surface area contributed by atoms with Gasteiger partial charge in [-0.2, -0.15) is 0 Å². The number of H-pyrrole nitrogens is 1. The summed E-state index contributed by atoms with van der Waals surface area (Å²) in [6.07, 6.45) is 0.784. The molecule has 140 valence electrons. The summed E-state index contributed by atoms with van der Waals surface area (Å²) in [6.45, 7) is 8.89. The average Bonchev–Trinajstić information content (AvgIpc) is 2.92. The summed E-state index contributed by atoms with van der Waals surface area (Å²) in [7, 11) is 0. The van der Waals surface area contributed by atoms with Crippen molar-refractivity contribution in [3.05, 3.63) is 39.6 Å². The van der Waals surface area contributed by atoms with Gasteiger partial charge in [0.1, 0.15) is 11.3 Å². The maximum atomic E-state index is 12.3. The Morgan fingerprint density at radius 1 is 1.22 bits per heavy atom. The molecular formula is C20H22BrN5O. The SMILES string of the molecule is Cc1nc2cccc(-c3[nH]c4c(c3Br)C(=O)NCC4)c2nc1NC(C)(C)C. The molecule has 0 fully saturated rings. The Morgan fingerprint density at radius 3 is 2.70 bits per heavy atom. The second-order valence-electron chi connectivity index (χ2n) is 7.88. The Morgan fingerprint density at radius 2 is 2.00 bits per heavy atom. The minimum atomic E-state index is -0.119. The van der Waals surface area contributed by atoms with E-state index in [1.165, 1.54) is 0 Å². The summed E-state index contributed by atoms with van der Waals surface area (Å²) < 4.78 is 0.773. The zero-order chi connectivity index (χ0) is 19.3. The average molecular weight is 428 g/mol. The number of hydrogen-bond donors (Lipinski definition) is 3. The van der Waals surface area contributed by atoms with Crippen LogP contribution in [0.4, 0.5) is 5.82 Å². The molecule has 6 nitrogen and oxygen atoms in total. The number of carbonyl (C=O) groups is 1. The highest BCUT2D eigenvalue weighted by Crippen LogP contribution is 2.37. The summed E-state index contributed by atoms with van der Waals surface area (Å²) in [4.78, 5) is 25.3. The third-order valence-electron chi connectivity index (χ3n) is 4.54. The number of benzene rings is 1. The highest BCUT2D eigenvalue weighted by atomic mass is 79.9. The van der Waals surface area contributed by atoms with Gasteiger partial charge in [-0.05, 0) is 49.7 Å². The van der Waals surface area contributed by atoms with E-state index >= 15 is 0 Å². The van der Waals surface area contributed by atoms with Crippen molar-refractivity contribution >= 4 is 38.7 Å². The molecule has 0 saturated heterocycles. The van der Waals surface area contributed by atoms with Crippen LogP contribution in [0.2, 0.25) is 0 Å². The quantitative estimate of drug-likeness (QED) is 0.572. The van der Waals surface area contributed by atoms with Crippen molar-refractivity contribution in [1.82, 2.24) is 20.3 Å². The largest absolute Gasteiger partial charge is 0.364 e. The molecule has 1 aromatic carbocycles. The molecule has 0 radical (unpaired) electrons. The zero-order valence-electron chi connectivity index (χ0n) is 15.8. The van der Waals surface area contributed by atoms with E-state index in [1.807, 2.05) is 25.1 Å². The van der Waals surface area contributed by atoms with Crippen molar-refractivity contribution in [1.29, 1.82) is 0 Å². The fourth-order valence-corrected chi connectivity index (χ4v) is 4.10. The van der Waals surface area contributed by atoms with E-state index in [0.717, 1.165) is 50.4 Å². The summed E-state index contributed by atoms with van der Waals surface area (Å²) in [5, 5.41) is 6.33. The highest BCUT2D eigenvalue weighted by Gasteiger charge is 2.26. The predicted octanol–water partition coefficient (Wildman–Crippen LogP) is 4.19. The first-order chi connectivity index (χ1) is 12.7. The zero-order valence-corrected chi connectivity index (χ0v) is 17.4. The van der Waals surface area contributed by atoms with Crippen LogP contribution in [0.15, 0.2) is 22.7 Å². The van der Waals surface area contributed by atoms with Crippen LogP contribution in [0.5, 0.6) is 0 Å². The number of aromatic amines is 1. The third kappa shape index (κ3) is 3.20. The van der Waals surface area contributed by atoms with Gasteiger partial charge in [0.05, 0.1) is 26.9 Å². The second kappa shape index (κ2) is 6.34. The number of hydrogen-bond acceptors (Lipinski definition) is 4. The molecule has 3 aromatic rings. The highest BCUT2D eigenvalue weighted by molar-refractivity contribution is 9.10. The Labute approximate surface area is 166 Å². The number of rotatable bonds is 2. The van der Waals surface area contributed by atoms with Gasteiger partial charge in [-0.15, -0.1) is 0 Å². The van der Waals surface area contributed by atoms with Gasteiger partial charge in [0.25, 0.3) is 5.91 Å². The number of aromatic nitrogens is 3. The Kier molecular flexibility index (Phi) is 4.22. The van der Waals surface area contributed by atoms with E-state index in [0.29, 0.717) is 12.1 Å². The first-order valence-electron chi connectivity index (χ1n) is 8.99. The van der Waals surface area contributed by atoms with Gasteiger partial charge in [-0.25, -0.2) is 9.97 Å². The van der Waals surface area contributed by atoms with Crippen molar-refractivity contribution in [2.24, 2.45) is 0 Å². The van der Waals surface area contributed by atoms with E-state index in [2.05, 4.69) is 52.3 Å². The summed E-state index contributed by atoms with van der Waals surface area (Å²) >= 11 is 3.63. The van der Waals surface area contributed by atoms with Crippen LogP contribution in [0.1, 0.15) is 42.5 Å². The van der Waals surface area contributed by atoms with Crippen LogP contribution in [0.3, 0.4) is 0 Å². The topological polar surface area (TPSA) is 82.7 Å². The minimum absolute atomic E-state index is 0.0529. The van der Waals surface area contributed by atoms with Gasteiger partial charge in [0, 0.05) is 29.8 Å². The molecule has 3 N–H and O–H groups in total.